The van der Waals surface area contributed by atoms with E-state index in [-0.39, 0.29) is 0 Å². The number of imidazole rings is 1. The van der Waals surface area contributed by atoms with Gasteiger partial charge in [0.25, 0.3) is 0 Å². The summed E-state index contributed by atoms with van der Waals surface area (Å²) in [7, 11) is 0. The predicted molar refractivity (Wildman–Crippen MR) is 80.3 cm³/mol. The molecule has 3 aromatic rings. The van der Waals surface area contributed by atoms with Gasteiger partial charge in [0.2, 0.25) is 5.95 Å². The number of para-hydroxylation sites is 1. The second kappa shape index (κ2) is 4.57. The minimum atomic E-state index is 0.489. The minimum absolute atomic E-state index is 0.489. The fourth-order valence-electron chi connectivity index (χ4n) is 1.89. The minimum Gasteiger partial charge on any atom is -0.369 e. The third-order valence-electron chi connectivity index (χ3n) is 2.70. The van der Waals surface area contributed by atoms with E-state index in [2.05, 4.69) is 27.0 Å². The monoisotopic (exact) mass is 341 g/mol. The van der Waals surface area contributed by atoms with E-state index in [0.29, 0.717) is 17.5 Å². The van der Waals surface area contributed by atoms with Crippen molar-refractivity contribution in [3.05, 3.63) is 44.0 Å². The number of nitrogens with two attached hydrogens (primary N) is 1. The lowest BCUT2D eigenvalue weighted by Crippen LogP contribution is -2.03. The van der Waals surface area contributed by atoms with E-state index in [1.807, 2.05) is 28.8 Å². The molecule has 0 amide bonds. The molecular weight excluding hydrogens is 334 g/mol. The zero-order chi connectivity index (χ0) is 12.7. The van der Waals surface area contributed by atoms with Crippen molar-refractivity contribution < 1.29 is 0 Å². The summed E-state index contributed by atoms with van der Waals surface area (Å²) in [6, 6.07) is 9.81. The van der Waals surface area contributed by atoms with Crippen molar-refractivity contribution in [2.24, 2.45) is 0 Å². The van der Waals surface area contributed by atoms with Gasteiger partial charge in [-0.3, -0.25) is 0 Å². The van der Waals surface area contributed by atoms with Gasteiger partial charge < -0.3 is 10.3 Å². The van der Waals surface area contributed by atoms with E-state index in [0.717, 1.165) is 14.8 Å². The van der Waals surface area contributed by atoms with Crippen LogP contribution in [-0.2, 0) is 6.54 Å². The summed E-state index contributed by atoms with van der Waals surface area (Å²) in [6.45, 7) is 0.707. The van der Waals surface area contributed by atoms with Crippen LogP contribution in [0.1, 0.15) is 4.88 Å². The number of halogens is 2. The Labute approximate surface area is 121 Å². The Bertz CT molecular complexity index is 719. The molecule has 2 N–H and O–H groups in total. The smallest absolute Gasteiger partial charge is 0.201 e. The number of aromatic nitrogens is 2. The van der Waals surface area contributed by atoms with Crippen LogP contribution in [0, 0.1) is 0 Å². The third kappa shape index (κ3) is 2.02. The molecule has 0 saturated heterocycles. The van der Waals surface area contributed by atoms with Crippen LogP contribution in [-0.4, -0.2) is 9.55 Å². The maximum absolute atomic E-state index is 6.11. The highest BCUT2D eigenvalue weighted by atomic mass is 79.9. The number of nitrogens with zero attached hydrogens (tertiary/aromatic N) is 2. The third-order valence-corrected chi connectivity index (χ3v) is 4.62. The van der Waals surface area contributed by atoms with Crippen molar-refractivity contribution in [3.8, 4) is 0 Å². The second-order valence-corrected chi connectivity index (χ2v) is 6.82. The van der Waals surface area contributed by atoms with Gasteiger partial charge in [-0.1, -0.05) is 17.7 Å². The molecule has 2 heterocycles. The van der Waals surface area contributed by atoms with Crippen LogP contribution in [0.5, 0.6) is 0 Å². The first kappa shape index (κ1) is 12.0. The number of thiophene rings is 1. The number of rotatable bonds is 2. The van der Waals surface area contributed by atoms with Crippen LogP contribution in [0.4, 0.5) is 5.95 Å². The molecule has 0 radical (unpaired) electrons. The van der Waals surface area contributed by atoms with E-state index in [1.165, 1.54) is 4.88 Å². The highest BCUT2D eigenvalue weighted by Gasteiger charge is 2.11. The SMILES string of the molecule is Nc1nc2c(Cl)cccc2n1Cc1ccc(Br)s1. The molecule has 3 rings (SSSR count). The average Bonchev–Trinajstić information content (AvgIpc) is 2.87. The van der Waals surface area contributed by atoms with Crippen molar-refractivity contribution >= 4 is 55.8 Å². The molecule has 0 fully saturated rings. The van der Waals surface area contributed by atoms with Crippen LogP contribution in [0.25, 0.3) is 11.0 Å². The molecule has 0 bridgehead atoms. The summed E-state index contributed by atoms with van der Waals surface area (Å²) in [5.74, 6) is 0.489. The second-order valence-electron chi connectivity index (χ2n) is 3.87. The van der Waals surface area contributed by atoms with E-state index in [4.69, 9.17) is 17.3 Å². The molecule has 92 valence electrons. The molecule has 2 aromatic heterocycles. The van der Waals surface area contributed by atoms with Gasteiger partial charge in [-0.05, 0) is 40.2 Å². The van der Waals surface area contributed by atoms with Gasteiger partial charge in [0.1, 0.15) is 5.52 Å². The molecule has 3 nitrogen and oxygen atoms in total. The Balaban J connectivity index is 2.11. The van der Waals surface area contributed by atoms with Crippen LogP contribution in [0.15, 0.2) is 34.1 Å². The van der Waals surface area contributed by atoms with Crippen LogP contribution < -0.4 is 5.73 Å². The highest BCUT2D eigenvalue weighted by molar-refractivity contribution is 9.11. The Morgan fingerprint density at radius 2 is 2.17 bits per heavy atom. The summed E-state index contributed by atoms with van der Waals surface area (Å²) in [4.78, 5) is 5.53. The van der Waals surface area contributed by atoms with Crippen molar-refractivity contribution in [2.45, 2.75) is 6.54 Å². The topological polar surface area (TPSA) is 43.8 Å². The lowest BCUT2D eigenvalue weighted by atomic mass is 10.3. The van der Waals surface area contributed by atoms with E-state index in [1.54, 1.807) is 11.3 Å². The van der Waals surface area contributed by atoms with Crippen molar-refractivity contribution in [2.75, 3.05) is 5.73 Å². The fourth-order valence-corrected chi connectivity index (χ4v) is 3.57. The maximum atomic E-state index is 6.11. The van der Waals surface area contributed by atoms with Crippen molar-refractivity contribution in [1.82, 2.24) is 9.55 Å². The molecule has 6 heteroatoms. The Hall–Kier alpha value is -1.04. The number of hydrogen-bond acceptors (Lipinski definition) is 3. The molecular formula is C12H9BrClN3S. The molecule has 0 aliphatic carbocycles. The predicted octanol–water partition coefficient (Wildman–Crippen LogP) is 4.14. The van der Waals surface area contributed by atoms with E-state index < -0.39 is 0 Å². The summed E-state index contributed by atoms with van der Waals surface area (Å²) >= 11 is 11.3. The zero-order valence-corrected chi connectivity index (χ0v) is 12.4. The normalized spacial score (nSPS) is 11.2. The first-order chi connectivity index (χ1) is 8.65. The molecule has 0 atom stereocenters. The van der Waals surface area contributed by atoms with Gasteiger partial charge in [-0.25, -0.2) is 4.98 Å². The quantitative estimate of drug-likeness (QED) is 0.760. The summed E-state index contributed by atoms with van der Waals surface area (Å²) < 4.78 is 3.08. The number of nitrogen functional groups attached to an aromatic ring is 1. The average molecular weight is 343 g/mol. The van der Waals surface area contributed by atoms with Crippen molar-refractivity contribution in [1.29, 1.82) is 0 Å². The van der Waals surface area contributed by atoms with Crippen LogP contribution >= 0.6 is 38.9 Å². The number of anilines is 1. The van der Waals surface area contributed by atoms with Gasteiger partial charge in [0, 0.05) is 4.88 Å². The summed E-state index contributed by atoms with van der Waals surface area (Å²) in [5, 5.41) is 0.630. The Morgan fingerprint density at radius 1 is 1.33 bits per heavy atom. The molecule has 0 spiro atoms. The molecule has 0 saturated carbocycles. The van der Waals surface area contributed by atoms with E-state index >= 15 is 0 Å². The molecule has 0 aliphatic rings. The van der Waals surface area contributed by atoms with E-state index in [9.17, 15) is 0 Å². The van der Waals surface area contributed by atoms with Crippen LogP contribution in [0.2, 0.25) is 5.02 Å². The van der Waals surface area contributed by atoms with Crippen LogP contribution in [0.3, 0.4) is 0 Å². The first-order valence-electron chi connectivity index (χ1n) is 5.29. The Morgan fingerprint density at radius 3 is 2.89 bits per heavy atom. The largest absolute Gasteiger partial charge is 0.369 e. The molecule has 0 aliphatic heterocycles. The lowest BCUT2D eigenvalue weighted by Gasteiger charge is -2.04. The van der Waals surface area contributed by atoms with Gasteiger partial charge in [-0.15, -0.1) is 11.3 Å². The highest BCUT2D eigenvalue weighted by Crippen LogP contribution is 2.28. The van der Waals surface area contributed by atoms with Gasteiger partial charge in [0.05, 0.1) is 20.9 Å². The number of benzene rings is 1. The number of fused-ring (bicyclic) bond motifs is 1. The number of hydrogen-bond donors (Lipinski definition) is 1. The zero-order valence-electron chi connectivity index (χ0n) is 9.23. The molecule has 18 heavy (non-hydrogen) atoms. The lowest BCUT2D eigenvalue weighted by molar-refractivity contribution is 0.853. The van der Waals surface area contributed by atoms with Gasteiger partial charge in [-0.2, -0.15) is 0 Å². The maximum Gasteiger partial charge on any atom is 0.201 e. The molecule has 0 unspecified atom stereocenters. The van der Waals surface area contributed by atoms with Gasteiger partial charge >= 0.3 is 0 Å². The molecule has 1 aromatic carbocycles. The standard InChI is InChI=1S/C12H9BrClN3S/c13-10-5-4-7(18-10)6-17-9-3-1-2-8(14)11(9)16-12(17)15/h1-5H,6H2,(H2,15,16). The fraction of sp³-hybridized carbons (Fsp3) is 0.0833. The summed E-state index contributed by atoms with van der Waals surface area (Å²) in [5.41, 5.74) is 7.68. The first-order valence-corrected chi connectivity index (χ1v) is 7.28. The van der Waals surface area contributed by atoms with Gasteiger partial charge in [0.15, 0.2) is 0 Å². The summed E-state index contributed by atoms with van der Waals surface area (Å²) in [6.07, 6.45) is 0. The van der Waals surface area contributed by atoms with Crippen molar-refractivity contribution in [3.63, 3.8) is 0 Å². The Kier molecular flexibility index (Phi) is 3.05.